The second-order valence-electron chi connectivity index (χ2n) is 5.82. The molecule has 1 aromatic heterocycles. The molecule has 1 amide bonds. The van der Waals surface area contributed by atoms with Gasteiger partial charge in [-0.3, -0.25) is 4.79 Å². The molecule has 21 heavy (non-hydrogen) atoms. The third-order valence-corrected chi connectivity index (χ3v) is 4.30. The summed E-state index contributed by atoms with van der Waals surface area (Å²) in [4.78, 5) is 22.9. The number of carbonyl (C=O) groups excluding carboxylic acids is 1. The summed E-state index contributed by atoms with van der Waals surface area (Å²) in [5, 5.41) is 6.49. The molecule has 1 unspecified atom stereocenters. The van der Waals surface area contributed by atoms with Gasteiger partial charge in [0.05, 0.1) is 6.04 Å². The number of amides is 1. The van der Waals surface area contributed by atoms with Crippen LogP contribution in [0.5, 0.6) is 0 Å². The molecular weight excluding hydrogens is 266 g/mol. The molecule has 6 heteroatoms. The molecule has 1 atom stereocenters. The van der Waals surface area contributed by atoms with Crippen LogP contribution in [0.1, 0.15) is 32.1 Å². The molecule has 3 rings (SSSR count). The number of anilines is 1. The Bertz CT molecular complexity index is 452. The predicted molar refractivity (Wildman–Crippen MR) is 81.1 cm³/mol. The molecule has 0 radical (unpaired) electrons. The van der Waals surface area contributed by atoms with Gasteiger partial charge in [0.15, 0.2) is 0 Å². The molecule has 0 bridgehead atoms. The highest BCUT2D eigenvalue weighted by Crippen LogP contribution is 2.16. The maximum atomic E-state index is 12.2. The number of piperidine rings is 2. The van der Waals surface area contributed by atoms with Gasteiger partial charge in [0.25, 0.3) is 0 Å². The number of aromatic nitrogens is 2. The van der Waals surface area contributed by atoms with Crippen molar-refractivity contribution in [2.45, 2.75) is 44.2 Å². The Labute approximate surface area is 125 Å². The van der Waals surface area contributed by atoms with E-state index in [1.54, 1.807) is 12.4 Å². The van der Waals surface area contributed by atoms with Crippen LogP contribution in [0.15, 0.2) is 18.5 Å². The van der Waals surface area contributed by atoms with E-state index in [4.69, 9.17) is 0 Å². The molecule has 1 aromatic rings. The van der Waals surface area contributed by atoms with E-state index in [1.165, 1.54) is 6.42 Å². The van der Waals surface area contributed by atoms with Gasteiger partial charge in [-0.1, -0.05) is 6.42 Å². The van der Waals surface area contributed by atoms with E-state index in [2.05, 4.69) is 25.5 Å². The van der Waals surface area contributed by atoms with Gasteiger partial charge >= 0.3 is 0 Å². The van der Waals surface area contributed by atoms with E-state index in [0.29, 0.717) is 0 Å². The summed E-state index contributed by atoms with van der Waals surface area (Å²) in [6.07, 6.45) is 8.74. The van der Waals surface area contributed by atoms with Crippen molar-refractivity contribution in [3.05, 3.63) is 18.5 Å². The van der Waals surface area contributed by atoms with E-state index in [9.17, 15) is 4.79 Å². The Morgan fingerprint density at radius 3 is 2.62 bits per heavy atom. The molecule has 0 saturated carbocycles. The monoisotopic (exact) mass is 289 g/mol. The van der Waals surface area contributed by atoms with E-state index in [0.717, 1.165) is 51.3 Å². The Morgan fingerprint density at radius 2 is 1.95 bits per heavy atom. The molecule has 3 heterocycles. The van der Waals surface area contributed by atoms with Crippen LogP contribution in [-0.2, 0) is 4.79 Å². The highest BCUT2D eigenvalue weighted by atomic mass is 16.2. The predicted octanol–water partition coefficient (Wildman–Crippen LogP) is 0.704. The minimum absolute atomic E-state index is 0.00855. The largest absolute Gasteiger partial charge is 0.352 e. The Balaban J connectivity index is 1.46. The van der Waals surface area contributed by atoms with E-state index in [1.807, 2.05) is 6.07 Å². The Hall–Kier alpha value is -1.69. The zero-order valence-electron chi connectivity index (χ0n) is 12.3. The molecule has 2 saturated heterocycles. The first-order chi connectivity index (χ1) is 10.3. The van der Waals surface area contributed by atoms with Crippen molar-refractivity contribution in [1.29, 1.82) is 0 Å². The summed E-state index contributed by atoms with van der Waals surface area (Å²) in [5.74, 6) is 0.959. The Kier molecular flexibility index (Phi) is 4.65. The highest BCUT2D eigenvalue weighted by Gasteiger charge is 2.26. The van der Waals surface area contributed by atoms with Crippen LogP contribution in [0.3, 0.4) is 0 Å². The average molecular weight is 289 g/mol. The molecule has 6 nitrogen and oxygen atoms in total. The van der Waals surface area contributed by atoms with Crippen LogP contribution >= 0.6 is 0 Å². The fraction of sp³-hybridized carbons (Fsp3) is 0.667. The molecular formula is C15H23N5O. The lowest BCUT2D eigenvalue weighted by Gasteiger charge is -2.33. The van der Waals surface area contributed by atoms with Gasteiger partial charge in [0.1, 0.15) is 0 Å². The van der Waals surface area contributed by atoms with Crippen molar-refractivity contribution >= 4 is 11.9 Å². The normalized spacial score (nSPS) is 23.8. The SMILES string of the molecule is O=C(NC1CCN(c2ncccn2)CC1)C1CCCCN1. The van der Waals surface area contributed by atoms with Crippen LogP contribution in [0, 0.1) is 0 Å². The lowest BCUT2D eigenvalue weighted by atomic mass is 10.0. The number of hydrogen-bond acceptors (Lipinski definition) is 5. The first kappa shape index (κ1) is 14.3. The number of nitrogens with one attached hydrogen (secondary N) is 2. The maximum absolute atomic E-state index is 12.2. The van der Waals surface area contributed by atoms with E-state index in [-0.39, 0.29) is 18.0 Å². The van der Waals surface area contributed by atoms with Crippen LogP contribution in [0.25, 0.3) is 0 Å². The van der Waals surface area contributed by atoms with Gasteiger partial charge in [0, 0.05) is 31.5 Å². The number of rotatable bonds is 3. The third-order valence-electron chi connectivity index (χ3n) is 4.30. The lowest BCUT2D eigenvalue weighted by molar-refractivity contribution is -0.124. The van der Waals surface area contributed by atoms with E-state index >= 15 is 0 Å². The summed E-state index contributed by atoms with van der Waals surface area (Å²) in [6, 6.07) is 2.11. The summed E-state index contributed by atoms with van der Waals surface area (Å²) in [5.41, 5.74) is 0. The molecule has 2 fully saturated rings. The van der Waals surface area contributed by atoms with Gasteiger partial charge in [-0.2, -0.15) is 0 Å². The molecule has 2 N–H and O–H groups in total. The summed E-state index contributed by atoms with van der Waals surface area (Å²) in [6.45, 7) is 2.75. The average Bonchev–Trinajstić information content (AvgIpc) is 2.57. The minimum Gasteiger partial charge on any atom is -0.352 e. The van der Waals surface area contributed by atoms with Gasteiger partial charge in [-0.15, -0.1) is 0 Å². The van der Waals surface area contributed by atoms with E-state index < -0.39 is 0 Å². The standard InChI is InChI=1S/C15H23N5O/c21-14(13-4-1-2-7-16-13)19-12-5-10-20(11-6-12)15-17-8-3-9-18-15/h3,8-9,12-13,16H,1-2,4-7,10-11H2,(H,19,21). The van der Waals surface area contributed by atoms with Crippen LogP contribution in [0.4, 0.5) is 5.95 Å². The van der Waals surface area contributed by atoms with Crippen LogP contribution in [0.2, 0.25) is 0 Å². The van der Waals surface area contributed by atoms with Crippen molar-refractivity contribution in [2.24, 2.45) is 0 Å². The quantitative estimate of drug-likeness (QED) is 0.857. The van der Waals surface area contributed by atoms with Gasteiger partial charge in [0.2, 0.25) is 11.9 Å². The van der Waals surface area contributed by atoms with Gasteiger partial charge < -0.3 is 15.5 Å². The molecule has 2 aliphatic rings. The number of hydrogen-bond donors (Lipinski definition) is 2. The zero-order valence-corrected chi connectivity index (χ0v) is 12.3. The number of carbonyl (C=O) groups is 1. The first-order valence-electron chi connectivity index (χ1n) is 7.88. The van der Waals surface area contributed by atoms with Crippen molar-refractivity contribution in [2.75, 3.05) is 24.5 Å². The van der Waals surface area contributed by atoms with Crippen LogP contribution < -0.4 is 15.5 Å². The molecule has 114 valence electrons. The topological polar surface area (TPSA) is 70.2 Å². The number of nitrogens with zero attached hydrogens (tertiary/aromatic N) is 3. The second-order valence-corrected chi connectivity index (χ2v) is 5.82. The van der Waals surface area contributed by atoms with Gasteiger partial charge in [-0.05, 0) is 38.3 Å². The molecule has 0 aromatic carbocycles. The van der Waals surface area contributed by atoms with Crippen molar-refractivity contribution in [3.8, 4) is 0 Å². The fourth-order valence-electron chi connectivity index (χ4n) is 3.06. The highest BCUT2D eigenvalue weighted by molar-refractivity contribution is 5.82. The van der Waals surface area contributed by atoms with Gasteiger partial charge in [-0.25, -0.2) is 9.97 Å². The molecule has 0 spiro atoms. The van der Waals surface area contributed by atoms with Crippen molar-refractivity contribution < 1.29 is 4.79 Å². The van der Waals surface area contributed by atoms with Crippen molar-refractivity contribution in [3.63, 3.8) is 0 Å². The first-order valence-corrected chi connectivity index (χ1v) is 7.88. The summed E-state index contributed by atoms with van der Waals surface area (Å²) in [7, 11) is 0. The summed E-state index contributed by atoms with van der Waals surface area (Å²) < 4.78 is 0. The fourth-order valence-corrected chi connectivity index (χ4v) is 3.06. The van der Waals surface area contributed by atoms with Crippen LogP contribution in [-0.4, -0.2) is 47.6 Å². The summed E-state index contributed by atoms with van der Waals surface area (Å²) >= 11 is 0. The lowest BCUT2D eigenvalue weighted by Crippen LogP contribution is -2.52. The van der Waals surface area contributed by atoms with Crippen molar-refractivity contribution in [1.82, 2.24) is 20.6 Å². The molecule has 2 aliphatic heterocycles. The second kappa shape index (κ2) is 6.85. The minimum atomic E-state index is 0.00855. The zero-order chi connectivity index (χ0) is 14.5. The Morgan fingerprint density at radius 1 is 1.19 bits per heavy atom. The maximum Gasteiger partial charge on any atom is 0.237 e. The third kappa shape index (κ3) is 3.69. The smallest absolute Gasteiger partial charge is 0.237 e. The molecule has 0 aliphatic carbocycles.